The van der Waals surface area contributed by atoms with Crippen molar-refractivity contribution in [3.8, 4) is 0 Å². The number of carbonyl (C=O) groups excluding carboxylic acids is 1. The lowest BCUT2D eigenvalue weighted by Gasteiger charge is -2.38. The first-order chi connectivity index (χ1) is 7.33. The Morgan fingerprint density at radius 3 is 2.62 bits per heavy atom. The van der Waals surface area contributed by atoms with Gasteiger partial charge in [0.15, 0.2) is 0 Å². The van der Waals surface area contributed by atoms with Crippen molar-refractivity contribution in [3.63, 3.8) is 0 Å². The van der Waals surface area contributed by atoms with E-state index < -0.39 is 5.60 Å². The molecule has 4 nitrogen and oxygen atoms in total. The van der Waals surface area contributed by atoms with E-state index >= 15 is 0 Å². The lowest BCUT2D eigenvalue weighted by atomic mass is 9.96. The molecule has 0 aliphatic carbocycles. The summed E-state index contributed by atoms with van der Waals surface area (Å²) >= 11 is 0. The zero-order chi connectivity index (χ0) is 12.3. The maximum atomic E-state index is 12.0. The number of nitrogens with two attached hydrogens (primary N) is 1. The zero-order valence-electron chi connectivity index (χ0n) is 10.8. The predicted molar refractivity (Wildman–Crippen MR) is 64.2 cm³/mol. The molecule has 2 N–H and O–H groups in total. The van der Waals surface area contributed by atoms with Crippen LogP contribution in [0.3, 0.4) is 0 Å². The number of piperidine rings is 1. The lowest BCUT2D eigenvalue weighted by Crippen LogP contribution is -2.50. The average Bonchev–Trinajstić information content (AvgIpc) is 2.14. The molecule has 2 atom stereocenters. The van der Waals surface area contributed by atoms with E-state index in [4.69, 9.17) is 10.5 Å². The van der Waals surface area contributed by atoms with Gasteiger partial charge in [-0.05, 0) is 40.0 Å². The first kappa shape index (κ1) is 13.3. The molecule has 0 bridgehead atoms. The van der Waals surface area contributed by atoms with Crippen molar-refractivity contribution in [2.45, 2.75) is 64.6 Å². The molecule has 94 valence electrons. The van der Waals surface area contributed by atoms with Crippen molar-refractivity contribution in [3.05, 3.63) is 0 Å². The van der Waals surface area contributed by atoms with Crippen molar-refractivity contribution in [1.82, 2.24) is 4.90 Å². The third-order valence-electron chi connectivity index (χ3n) is 2.86. The Labute approximate surface area is 98.1 Å². The van der Waals surface area contributed by atoms with E-state index in [1.165, 1.54) is 0 Å². The Morgan fingerprint density at radius 2 is 2.12 bits per heavy atom. The van der Waals surface area contributed by atoms with Gasteiger partial charge in [0.2, 0.25) is 0 Å². The van der Waals surface area contributed by atoms with Crippen LogP contribution >= 0.6 is 0 Å². The highest BCUT2D eigenvalue weighted by molar-refractivity contribution is 5.68. The van der Waals surface area contributed by atoms with Crippen LogP contribution in [0.4, 0.5) is 4.79 Å². The molecular weight excluding hydrogens is 204 g/mol. The third-order valence-corrected chi connectivity index (χ3v) is 2.86. The number of rotatable bonds is 1. The molecule has 16 heavy (non-hydrogen) atoms. The molecule has 0 spiro atoms. The molecule has 1 saturated heterocycles. The molecule has 1 heterocycles. The largest absolute Gasteiger partial charge is 0.444 e. The minimum absolute atomic E-state index is 0.203. The zero-order valence-corrected chi connectivity index (χ0v) is 10.8. The van der Waals surface area contributed by atoms with E-state index in [1.54, 1.807) is 0 Å². The standard InChI is InChI=1S/C12H24N2O2/c1-5-10-8-9(13)6-7-14(10)11(15)16-12(2,3)4/h9-10H,5-8,13H2,1-4H3/t9-,10-/m1/s1. The van der Waals surface area contributed by atoms with Crippen molar-refractivity contribution in [2.75, 3.05) is 6.54 Å². The summed E-state index contributed by atoms with van der Waals surface area (Å²) in [6.07, 6.45) is 2.49. The van der Waals surface area contributed by atoms with Gasteiger partial charge in [-0.3, -0.25) is 0 Å². The molecular formula is C12H24N2O2. The van der Waals surface area contributed by atoms with Crippen molar-refractivity contribution < 1.29 is 9.53 Å². The smallest absolute Gasteiger partial charge is 0.410 e. The molecule has 1 fully saturated rings. The van der Waals surface area contributed by atoms with Crippen molar-refractivity contribution in [2.24, 2.45) is 5.73 Å². The molecule has 0 radical (unpaired) electrons. The van der Waals surface area contributed by atoms with E-state index in [1.807, 2.05) is 25.7 Å². The maximum Gasteiger partial charge on any atom is 0.410 e. The fourth-order valence-electron chi connectivity index (χ4n) is 2.03. The van der Waals surface area contributed by atoms with Gasteiger partial charge in [0.05, 0.1) is 0 Å². The van der Waals surface area contributed by atoms with Gasteiger partial charge in [0, 0.05) is 18.6 Å². The Morgan fingerprint density at radius 1 is 1.50 bits per heavy atom. The van der Waals surface area contributed by atoms with Crippen LogP contribution in [-0.4, -0.2) is 35.2 Å². The second-order valence-corrected chi connectivity index (χ2v) is 5.52. The molecule has 0 unspecified atom stereocenters. The molecule has 1 aliphatic rings. The highest BCUT2D eigenvalue weighted by Crippen LogP contribution is 2.21. The fourth-order valence-corrected chi connectivity index (χ4v) is 2.03. The van der Waals surface area contributed by atoms with Gasteiger partial charge in [-0.15, -0.1) is 0 Å². The molecule has 0 saturated carbocycles. The van der Waals surface area contributed by atoms with Crippen LogP contribution in [0.25, 0.3) is 0 Å². The van der Waals surface area contributed by atoms with Crippen LogP contribution in [0.1, 0.15) is 47.0 Å². The summed E-state index contributed by atoms with van der Waals surface area (Å²) in [7, 11) is 0. The number of nitrogens with zero attached hydrogens (tertiary/aromatic N) is 1. The second-order valence-electron chi connectivity index (χ2n) is 5.52. The molecule has 1 aliphatic heterocycles. The number of hydrogen-bond acceptors (Lipinski definition) is 3. The number of amides is 1. The van der Waals surface area contributed by atoms with Gasteiger partial charge in [-0.2, -0.15) is 0 Å². The van der Waals surface area contributed by atoms with Crippen LogP contribution < -0.4 is 5.73 Å². The fraction of sp³-hybridized carbons (Fsp3) is 0.917. The van der Waals surface area contributed by atoms with Gasteiger partial charge < -0.3 is 15.4 Å². The van der Waals surface area contributed by atoms with Gasteiger partial charge in [-0.25, -0.2) is 4.79 Å². The van der Waals surface area contributed by atoms with E-state index in [0.717, 1.165) is 19.3 Å². The lowest BCUT2D eigenvalue weighted by molar-refractivity contribution is 0.00790. The number of carbonyl (C=O) groups is 1. The third kappa shape index (κ3) is 3.67. The topological polar surface area (TPSA) is 55.6 Å². The Balaban J connectivity index is 2.60. The van der Waals surface area contributed by atoms with Crippen LogP contribution in [-0.2, 0) is 4.74 Å². The number of likely N-dealkylation sites (tertiary alicyclic amines) is 1. The SMILES string of the molecule is CC[C@@H]1C[C@H](N)CCN1C(=O)OC(C)(C)C. The molecule has 0 aromatic heterocycles. The molecule has 1 rings (SSSR count). The highest BCUT2D eigenvalue weighted by atomic mass is 16.6. The van der Waals surface area contributed by atoms with Crippen LogP contribution in [0.2, 0.25) is 0 Å². The number of ether oxygens (including phenoxy) is 1. The number of hydrogen-bond donors (Lipinski definition) is 1. The van der Waals surface area contributed by atoms with Gasteiger partial charge >= 0.3 is 6.09 Å². The first-order valence-electron chi connectivity index (χ1n) is 6.08. The van der Waals surface area contributed by atoms with Crippen molar-refractivity contribution in [1.29, 1.82) is 0 Å². The summed E-state index contributed by atoms with van der Waals surface area (Å²) in [5, 5.41) is 0. The van der Waals surface area contributed by atoms with E-state index in [9.17, 15) is 4.79 Å². The summed E-state index contributed by atoms with van der Waals surface area (Å²) in [5.74, 6) is 0. The summed E-state index contributed by atoms with van der Waals surface area (Å²) in [6.45, 7) is 8.47. The monoisotopic (exact) mass is 228 g/mol. The Hall–Kier alpha value is -0.770. The molecule has 0 aromatic carbocycles. The van der Waals surface area contributed by atoms with Crippen LogP contribution in [0, 0.1) is 0 Å². The predicted octanol–water partition coefficient (Wildman–Crippen LogP) is 2.12. The van der Waals surface area contributed by atoms with Crippen molar-refractivity contribution >= 4 is 6.09 Å². The summed E-state index contributed by atoms with van der Waals surface area (Å²) < 4.78 is 5.39. The summed E-state index contributed by atoms with van der Waals surface area (Å²) in [4.78, 5) is 13.8. The summed E-state index contributed by atoms with van der Waals surface area (Å²) in [6, 6.07) is 0.460. The first-order valence-corrected chi connectivity index (χ1v) is 6.08. The Kier molecular flexibility index (Phi) is 4.19. The van der Waals surface area contributed by atoms with E-state index in [-0.39, 0.29) is 18.2 Å². The van der Waals surface area contributed by atoms with E-state index in [2.05, 4.69) is 6.92 Å². The normalized spacial score (nSPS) is 26.7. The van der Waals surface area contributed by atoms with E-state index in [0.29, 0.717) is 6.54 Å². The molecule has 1 amide bonds. The average molecular weight is 228 g/mol. The molecule has 0 aromatic rings. The van der Waals surface area contributed by atoms with Gasteiger partial charge in [-0.1, -0.05) is 6.92 Å². The second kappa shape index (κ2) is 5.04. The minimum atomic E-state index is -0.422. The Bertz CT molecular complexity index is 248. The van der Waals surface area contributed by atoms with Gasteiger partial charge in [0.1, 0.15) is 5.60 Å². The van der Waals surface area contributed by atoms with Crippen LogP contribution in [0.5, 0.6) is 0 Å². The minimum Gasteiger partial charge on any atom is -0.444 e. The highest BCUT2D eigenvalue weighted by Gasteiger charge is 2.31. The maximum absolute atomic E-state index is 12.0. The molecule has 4 heteroatoms. The van der Waals surface area contributed by atoms with Gasteiger partial charge in [0.25, 0.3) is 0 Å². The quantitative estimate of drug-likeness (QED) is 0.748. The summed E-state index contributed by atoms with van der Waals surface area (Å²) in [5.41, 5.74) is 5.49. The van der Waals surface area contributed by atoms with Crippen LogP contribution in [0.15, 0.2) is 0 Å².